The van der Waals surface area contributed by atoms with Crippen LogP contribution in [-0.4, -0.2) is 35.0 Å². The van der Waals surface area contributed by atoms with Crippen LogP contribution in [0.1, 0.15) is 50.7 Å². The molecule has 5 heteroatoms. The van der Waals surface area contributed by atoms with Gasteiger partial charge in [-0.2, -0.15) is 5.10 Å². The Morgan fingerprint density at radius 1 is 1.28 bits per heavy atom. The Bertz CT molecular complexity index is 720. The molecule has 2 amide bonds. The van der Waals surface area contributed by atoms with E-state index in [1.807, 2.05) is 36.9 Å². The van der Waals surface area contributed by atoms with E-state index in [2.05, 4.69) is 18.9 Å². The van der Waals surface area contributed by atoms with Gasteiger partial charge in [0.15, 0.2) is 0 Å². The molecule has 0 atom stereocenters. The van der Waals surface area contributed by atoms with Crippen molar-refractivity contribution in [2.24, 2.45) is 11.0 Å². The Labute approximate surface area is 149 Å². The number of carbonyl (C=O) groups is 2. The minimum absolute atomic E-state index is 0.000920. The summed E-state index contributed by atoms with van der Waals surface area (Å²) in [6, 6.07) is 6.31. The van der Waals surface area contributed by atoms with E-state index < -0.39 is 0 Å². The number of hydrogen-bond donors (Lipinski definition) is 0. The summed E-state index contributed by atoms with van der Waals surface area (Å²) in [7, 11) is 0. The lowest BCUT2D eigenvalue weighted by Gasteiger charge is -2.29. The molecule has 1 heterocycles. The van der Waals surface area contributed by atoms with Crippen molar-refractivity contribution in [1.29, 1.82) is 0 Å². The van der Waals surface area contributed by atoms with Crippen molar-refractivity contribution in [2.45, 2.75) is 59.4 Å². The number of rotatable bonds is 5. The first kappa shape index (κ1) is 17.6. The van der Waals surface area contributed by atoms with Crippen LogP contribution in [0.4, 0.5) is 5.69 Å². The number of hydrazone groups is 1. The summed E-state index contributed by atoms with van der Waals surface area (Å²) < 4.78 is 0. The third kappa shape index (κ3) is 3.91. The van der Waals surface area contributed by atoms with Gasteiger partial charge in [-0.3, -0.25) is 9.59 Å². The zero-order valence-electron chi connectivity index (χ0n) is 15.6. The average Bonchev–Trinajstić information content (AvgIpc) is 3.39. The number of benzene rings is 1. The van der Waals surface area contributed by atoms with Crippen LogP contribution in [0.15, 0.2) is 23.3 Å². The van der Waals surface area contributed by atoms with Crippen LogP contribution < -0.4 is 5.01 Å². The third-order valence-corrected chi connectivity index (χ3v) is 4.68. The van der Waals surface area contributed by atoms with Gasteiger partial charge in [0.2, 0.25) is 5.91 Å². The molecule has 1 aliphatic carbocycles. The Balaban J connectivity index is 1.89. The molecule has 0 saturated heterocycles. The fraction of sp³-hybridized carbons (Fsp3) is 0.550. The number of aryl methyl sites for hydroxylation is 2. The maximum Gasteiger partial charge on any atom is 0.270 e. The quantitative estimate of drug-likeness (QED) is 0.824. The normalized spacial score (nSPS) is 17.7. The number of carbonyl (C=O) groups excluding carboxylic acids is 2. The van der Waals surface area contributed by atoms with Crippen LogP contribution in [0.2, 0.25) is 0 Å². The second-order valence-corrected chi connectivity index (χ2v) is 7.62. The van der Waals surface area contributed by atoms with Crippen molar-refractivity contribution in [1.82, 2.24) is 4.90 Å². The summed E-state index contributed by atoms with van der Waals surface area (Å²) in [5.41, 5.74) is 3.34. The van der Waals surface area contributed by atoms with Gasteiger partial charge >= 0.3 is 0 Å². The lowest BCUT2D eigenvalue weighted by Crippen LogP contribution is -2.44. The highest BCUT2D eigenvalue weighted by molar-refractivity contribution is 6.40. The second-order valence-electron chi connectivity index (χ2n) is 7.62. The van der Waals surface area contributed by atoms with Crippen LogP contribution in [0.5, 0.6) is 0 Å². The van der Waals surface area contributed by atoms with Gasteiger partial charge in [-0.25, -0.2) is 5.01 Å². The molecule has 0 aromatic heterocycles. The SMILES string of the molecule is Cc1ccc(C)c(N2N=C(C(=O)N(CC(C)C)C3CC3)CCC2=O)c1. The summed E-state index contributed by atoms with van der Waals surface area (Å²) in [4.78, 5) is 27.4. The predicted octanol–water partition coefficient (Wildman–Crippen LogP) is 3.43. The van der Waals surface area contributed by atoms with Gasteiger partial charge in [-0.05, 0) is 49.8 Å². The Kier molecular flexibility index (Phi) is 4.93. The molecule has 1 saturated carbocycles. The van der Waals surface area contributed by atoms with E-state index in [4.69, 9.17) is 0 Å². The third-order valence-electron chi connectivity index (χ3n) is 4.68. The molecule has 1 fully saturated rings. The molecule has 25 heavy (non-hydrogen) atoms. The van der Waals surface area contributed by atoms with Crippen molar-refractivity contribution in [3.63, 3.8) is 0 Å². The van der Waals surface area contributed by atoms with Crippen molar-refractivity contribution in [2.75, 3.05) is 11.6 Å². The average molecular weight is 341 g/mol. The van der Waals surface area contributed by atoms with E-state index in [9.17, 15) is 9.59 Å². The van der Waals surface area contributed by atoms with E-state index >= 15 is 0 Å². The summed E-state index contributed by atoms with van der Waals surface area (Å²) in [5.74, 6) is 0.372. The minimum Gasteiger partial charge on any atom is -0.334 e. The van der Waals surface area contributed by atoms with Gasteiger partial charge in [-0.15, -0.1) is 0 Å². The number of nitrogens with zero attached hydrogens (tertiary/aromatic N) is 3. The van der Waals surface area contributed by atoms with Gasteiger partial charge in [0.05, 0.1) is 5.69 Å². The summed E-state index contributed by atoms with van der Waals surface area (Å²) in [5, 5.41) is 5.91. The van der Waals surface area contributed by atoms with E-state index in [1.54, 1.807) is 0 Å². The van der Waals surface area contributed by atoms with E-state index in [-0.39, 0.29) is 11.8 Å². The first-order valence-corrected chi connectivity index (χ1v) is 9.15. The van der Waals surface area contributed by atoms with Crippen molar-refractivity contribution in [3.05, 3.63) is 29.3 Å². The smallest absolute Gasteiger partial charge is 0.270 e. The molecule has 0 bridgehead atoms. The molecule has 0 N–H and O–H groups in total. The zero-order valence-corrected chi connectivity index (χ0v) is 15.6. The van der Waals surface area contributed by atoms with Gasteiger partial charge in [0.1, 0.15) is 5.71 Å². The molecule has 134 valence electrons. The van der Waals surface area contributed by atoms with Crippen LogP contribution in [0.3, 0.4) is 0 Å². The van der Waals surface area contributed by atoms with Gasteiger partial charge in [0, 0.05) is 25.4 Å². The van der Waals surface area contributed by atoms with Gasteiger partial charge in [0.25, 0.3) is 5.91 Å². The molecule has 1 aromatic rings. The highest BCUT2D eigenvalue weighted by atomic mass is 16.2. The van der Waals surface area contributed by atoms with E-state index in [0.717, 1.165) is 36.2 Å². The predicted molar refractivity (Wildman–Crippen MR) is 99.6 cm³/mol. The molecular formula is C20H27N3O2. The van der Waals surface area contributed by atoms with Gasteiger partial charge in [-0.1, -0.05) is 26.0 Å². The van der Waals surface area contributed by atoms with Crippen LogP contribution >= 0.6 is 0 Å². The molecular weight excluding hydrogens is 314 g/mol. The molecule has 0 spiro atoms. The van der Waals surface area contributed by atoms with Crippen molar-refractivity contribution < 1.29 is 9.59 Å². The lowest BCUT2D eigenvalue weighted by molar-refractivity contribution is -0.125. The molecule has 5 nitrogen and oxygen atoms in total. The molecule has 0 radical (unpaired) electrons. The highest BCUT2D eigenvalue weighted by Gasteiger charge is 2.36. The molecule has 3 rings (SSSR count). The molecule has 1 aliphatic heterocycles. The Morgan fingerprint density at radius 2 is 2.00 bits per heavy atom. The number of amides is 2. The Hall–Kier alpha value is -2.17. The maximum absolute atomic E-state index is 13.0. The second kappa shape index (κ2) is 6.98. The highest BCUT2D eigenvalue weighted by Crippen LogP contribution is 2.30. The van der Waals surface area contributed by atoms with Crippen LogP contribution in [0.25, 0.3) is 0 Å². The minimum atomic E-state index is -0.0490. The first-order chi connectivity index (χ1) is 11.9. The first-order valence-electron chi connectivity index (χ1n) is 9.15. The standard InChI is InChI=1S/C20H27N3O2/c1-13(2)12-22(16-7-8-16)20(25)17-9-10-19(24)23(21-17)18-11-14(3)5-6-15(18)4/h5-6,11,13,16H,7-10,12H2,1-4H3. The summed E-state index contributed by atoms with van der Waals surface area (Å²) in [6.45, 7) is 8.95. The molecule has 0 unspecified atom stereocenters. The van der Waals surface area contributed by atoms with Crippen molar-refractivity contribution in [3.8, 4) is 0 Å². The number of anilines is 1. The lowest BCUT2D eigenvalue weighted by atomic mass is 10.1. The van der Waals surface area contributed by atoms with E-state index in [0.29, 0.717) is 30.5 Å². The van der Waals surface area contributed by atoms with Crippen LogP contribution in [-0.2, 0) is 9.59 Å². The van der Waals surface area contributed by atoms with Crippen molar-refractivity contribution >= 4 is 23.2 Å². The van der Waals surface area contributed by atoms with E-state index in [1.165, 1.54) is 5.01 Å². The topological polar surface area (TPSA) is 53.0 Å². The van der Waals surface area contributed by atoms with Gasteiger partial charge < -0.3 is 4.90 Å². The largest absolute Gasteiger partial charge is 0.334 e. The molecule has 2 aliphatic rings. The Morgan fingerprint density at radius 3 is 2.64 bits per heavy atom. The molecule has 1 aromatic carbocycles. The zero-order chi connectivity index (χ0) is 18.1. The fourth-order valence-corrected chi connectivity index (χ4v) is 3.19. The van der Waals surface area contributed by atoms with Crippen LogP contribution in [0, 0.1) is 19.8 Å². The maximum atomic E-state index is 13.0. The summed E-state index contributed by atoms with van der Waals surface area (Å²) >= 11 is 0. The fourth-order valence-electron chi connectivity index (χ4n) is 3.19. The number of hydrogen-bond acceptors (Lipinski definition) is 3. The monoisotopic (exact) mass is 341 g/mol. The summed E-state index contributed by atoms with van der Waals surface area (Å²) in [6.07, 6.45) is 2.91.